The van der Waals surface area contributed by atoms with Crippen molar-refractivity contribution in [2.75, 3.05) is 13.2 Å². The third kappa shape index (κ3) is 2.21. The molecular formula is C12H13NO3. The number of cyclic esters (lactones) is 1. The molecule has 0 N–H and O–H groups in total. The number of nitrogens with zero attached hydrogens (tertiary/aromatic N) is 1. The van der Waals surface area contributed by atoms with Crippen LogP contribution in [0.1, 0.15) is 5.56 Å². The van der Waals surface area contributed by atoms with E-state index in [1.807, 2.05) is 30.3 Å². The van der Waals surface area contributed by atoms with Crippen molar-refractivity contribution in [3.8, 4) is 0 Å². The lowest BCUT2D eigenvalue weighted by molar-refractivity contribution is -0.108. The molecule has 16 heavy (non-hydrogen) atoms. The van der Waals surface area contributed by atoms with Crippen LogP contribution < -0.4 is 0 Å². The van der Waals surface area contributed by atoms with Crippen molar-refractivity contribution < 1.29 is 14.3 Å². The summed E-state index contributed by atoms with van der Waals surface area (Å²) >= 11 is 0. The maximum Gasteiger partial charge on any atom is 0.410 e. The van der Waals surface area contributed by atoms with Crippen LogP contribution in [0, 0.1) is 0 Å². The van der Waals surface area contributed by atoms with Gasteiger partial charge in [-0.2, -0.15) is 0 Å². The predicted octanol–water partition coefficient (Wildman–Crippen LogP) is 1.25. The number of hydrogen-bond acceptors (Lipinski definition) is 3. The molecule has 1 saturated heterocycles. The molecule has 1 aromatic rings. The van der Waals surface area contributed by atoms with E-state index in [9.17, 15) is 9.59 Å². The number of carbonyl (C=O) groups is 2. The largest absolute Gasteiger partial charge is 0.447 e. The van der Waals surface area contributed by atoms with Crippen molar-refractivity contribution in [2.45, 2.75) is 12.5 Å². The van der Waals surface area contributed by atoms with E-state index < -0.39 is 6.09 Å². The Labute approximate surface area is 93.8 Å². The summed E-state index contributed by atoms with van der Waals surface area (Å²) in [6.45, 7) is 0.470. The van der Waals surface area contributed by atoms with Gasteiger partial charge in [-0.3, -0.25) is 4.90 Å². The smallest absolute Gasteiger partial charge is 0.410 e. The molecule has 0 aromatic heterocycles. The molecule has 4 nitrogen and oxygen atoms in total. The summed E-state index contributed by atoms with van der Waals surface area (Å²) in [6.07, 6.45) is 1.05. The lowest BCUT2D eigenvalue weighted by Crippen LogP contribution is -2.36. The van der Waals surface area contributed by atoms with Gasteiger partial charge in [-0.25, -0.2) is 4.79 Å². The Bertz CT molecular complexity index is 377. The minimum absolute atomic E-state index is 0.0277. The quantitative estimate of drug-likeness (QED) is 0.716. The highest BCUT2D eigenvalue weighted by atomic mass is 16.6. The first-order chi connectivity index (χ1) is 7.81. The summed E-state index contributed by atoms with van der Waals surface area (Å²) in [7, 11) is 0. The molecule has 1 heterocycles. The third-order valence-corrected chi connectivity index (χ3v) is 2.66. The van der Waals surface area contributed by atoms with Crippen molar-refractivity contribution in [3.63, 3.8) is 0 Å². The van der Waals surface area contributed by atoms with Crippen molar-refractivity contribution in [1.82, 2.24) is 4.90 Å². The molecule has 0 saturated carbocycles. The molecule has 2 rings (SSSR count). The Balaban J connectivity index is 2.04. The number of aldehydes is 1. The second-order valence-corrected chi connectivity index (χ2v) is 3.74. The molecule has 1 fully saturated rings. The molecule has 0 unspecified atom stereocenters. The summed E-state index contributed by atoms with van der Waals surface area (Å²) < 4.78 is 4.93. The van der Waals surface area contributed by atoms with Crippen molar-refractivity contribution in [3.05, 3.63) is 35.9 Å². The fraction of sp³-hybridized carbons (Fsp3) is 0.333. The summed E-state index contributed by atoms with van der Waals surface area (Å²) in [5.41, 5.74) is 1.14. The van der Waals surface area contributed by atoms with Gasteiger partial charge in [-0.05, 0) is 12.0 Å². The Hall–Kier alpha value is -1.84. The molecule has 1 aliphatic heterocycles. The molecule has 0 spiro atoms. The van der Waals surface area contributed by atoms with Gasteiger partial charge < -0.3 is 9.53 Å². The van der Waals surface area contributed by atoms with Gasteiger partial charge in [0.2, 0.25) is 0 Å². The number of rotatable bonds is 4. The van der Waals surface area contributed by atoms with Crippen molar-refractivity contribution in [1.29, 1.82) is 0 Å². The van der Waals surface area contributed by atoms with E-state index in [4.69, 9.17) is 4.74 Å². The van der Waals surface area contributed by atoms with Gasteiger partial charge in [0.1, 0.15) is 12.9 Å². The Morgan fingerprint density at radius 3 is 2.81 bits per heavy atom. The molecule has 1 amide bonds. The number of amides is 1. The van der Waals surface area contributed by atoms with Crippen LogP contribution in [0.25, 0.3) is 0 Å². The minimum Gasteiger partial charge on any atom is -0.447 e. The van der Waals surface area contributed by atoms with Gasteiger partial charge >= 0.3 is 6.09 Å². The van der Waals surface area contributed by atoms with E-state index in [0.29, 0.717) is 6.61 Å². The topological polar surface area (TPSA) is 46.6 Å². The Morgan fingerprint density at radius 2 is 2.12 bits per heavy atom. The van der Waals surface area contributed by atoms with Gasteiger partial charge in [0, 0.05) is 0 Å². The second-order valence-electron chi connectivity index (χ2n) is 3.74. The van der Waals surface area contributed by atoms with Gasteiger partial charge in [0.05, 0.1) is 12.6 Å². The molecule has 1 atom stereocenters. The molecule has 1 aliphatic rings. The summed E-state index contributed by atoms with van der Waals surface area (Å²) in [5, 5.41) is 0. The number of benzene rings is 1. The monoisotopic (exact) mass is 219 g/mol. The normalized spacial score (nSPS) is 19.6. The first kappa shape index (κ1) is 10.7. The molecular weight excluding hydrogens is 206 g/mol. The van der Waals surface area contributed by atoms with E-state index in [-0.39, 0.29) is 12.6 Å². The summed E-state index contributed by atoms with van der Waals surface area (Å²) in [5.74, 6) is 0. The van der Waals surface area contributed by atoms with E-state index in [1.54, 1.807) is 0 Å². The summed E-state index contributed by atoms with van der Waals surface area (Å²) in [6, 6.07) is 9.83. The number of ether oxygens (including phenoxy) is 1. The maximum atomic E-state index is 11.3. The summed E-state index contributed by atoms with van der Waals surface area (Å²) in [4.78, 5) is 23.2. The SMILES string of the molecule is O=CCN1C(=O)OC[C@@H]1Cc1ccccc1. The van der Waals surface area contributed by atoms with Crippen LogP contribution in [0.5, 0.6) is 0 Å². The number of carbonyl (C=O) groups excluding carboxylic acids is 2. The molecule has 0 radical (unpaired) electrons. The van der Waals surface area contributed by atoms with Crippen LogP contribution >= 0.6 is 0 Å². The molecule has 0 bridgehead atoms. The number of hydrogen-bond donors (Lipinski definition) is 0. The van der Waals surface area contributed by atoms with E-state index in [2.05, 4.69) is 0 Å². The highest BCUT2D eigenvalue weighted by Crippen LogP contribution is 2.16. The van der Waals surface area contributed by atoms with Crippen molar-refractivity contribution >= 4 is 12.4 Å². The van der Waals surface area contributed by atoms with Crippen LogP contribution in [0.3, 0.4) is 0 Å². The van der Waals surface area contributed by atoms with Crippen LogP contribution in [0.2, 0.25) is 0 Å². The van der Waals surface area contributed by atoms with Crippen LogP contribution in [0.15, 0.2) is 30.3 Å². The zero-order valence-electron chi connectivity index (χ0n) is 8.83. The van der Waals surface area contributed by atoms with Gasteiger partial charge in [-0.1, -0.05) is 30.3 Å². The Morgan fingerprint density at radius 1 is 1.38 bits per heavy atom. The maximum absolute atomic E-state index is 11.3. The second kappa shape index (κ2) is 4.79. The van der Waals surface area contributed by atoms with E-state index >= 15 is 0 Å². The molecule has 84 valence electrons. The highest BCUT2D eigenvalue weighted by Gasteiger charge is 2.32. The fourth-order valence-electron chi connectivity index (χ4n) is 1.85. The van der Waals surface area contributed by atoms with Gasteiger partial charge in [0.25, 0.3) is 0 Å². The first-order valence-corrected chi connectivity index (χ1v) is 5.22. The fourth-order valence-corrected chi connectivity index (χ4v) is 1.85. The van der Waals surface area contributed by atoms with Crippen LogP contribution in [-0.2, 0) is 16.0 Å². The zero-order valence-corrected chi connectivity index (χ0v) is 8.83. The standard InChI is InChI=1S/C12H13NO3/c14-7-6-13-11(9-16-12(13)15)8-10-4-2-1-3-5-10/h1-5,7,11H,6,8-9H2/t11-/m0/s1. The zero-order chi connectivity index (χ0) is 11.4. The molecule has 1 aromatic carbocycles. The van der Waals surface area contributed by atoms with Gasteiger partial charge in [-0.15, -0.1) is 0 Å². The van der Waals surface area contributed by atoms with E-state index in [0.717, 1.165) is 18.3 Å². The third-order valence-electron chi connectivity index (χ3n) is 2.66. The Kier molecular flexibility index (Phi) is 3.19. The average Bonchev–Trinajstić information content (AvgIpc) is 2.64. The van der Waals surface area contributed by atoms with Gasteiger partial charge in [0.15, 0.2) is 0 Å². The molecule has 4 heteroatoms. The van der Waals surface area contributed by atoms with E-state index in [1.165, 1.54) is 4.90 Å². The minimum atomic E-state index is -0.395. The lowest BCUT2D eigenvalue weighted by atomic mass is 10.1. The van der Waals surface area contributed by atoms with Crippen LogP contribution in [-0.4, -0.2) is 36.5 Å². The predicted molar refractivity (Wildman–Crippen MR) is 58.1 cm³/mol. The molecule has 0 aliphatic carbocycles. The van der Waals surface area contributed by atoms with Crippen LogP contribution in [0.4, 0.5) is 4.79 Å². The highest BCUT2D eigenvalue weighted by molar-refractivity contribution is 5.73. The first-order valence-electron chi connectivity index (χ1n) is 5.22. The average molecular weight is 219 g/mol. The lowest BCUT2D eigenvalue weighted by Gasteiger charge is -2.18. The van der Waals surface area contributed by atoms with Crippen molar-refractivity contribution in [2.24, 2.45) is 0 Å².